The lowest BCUT2D eigenvalue weighted by atomic mass is 10.1. The SMILES string of the molecule is C.CC(C)(N)C(=O)N[C@H](COCc1ccccc1)c1nnc2scc(COC(=O)N3CCCC3C(N)=O)n12. The summed E-state index contributed by atoms with van der Waals surface area (Å²) in [6.07, 6.45) is 0.587. The van der Waals surface area contributed by atoms with Crippen molar-refractivity contribution in [2.24, 2.45) is 11.5 Å². The maximum atomic E-state index is 12.8. The summed E-state index contributed by atoms with van der Waals surface area (Å²) in [6.45, 7) is 3.99. The molecule has 0 spiro atoms. The van der Waals surface area contributed by atoms with E-state index in [4.69, 9.17) is 20.9 Å². The van der Waals surface area contributed by atoms with E-state index in [-0.39, 0.29) is 26.5 Å². The number of thiazole rings is 1. The number of amides is 3. The van der Waals surface area contributed by atoms with Crippen LogP contribution in [0.15, 0.2) is 35.7 Å². The largest absolute Gasteiger partial charge is 0.443 e. The van der Waals surface area contributed by atoms with Crippen LogP contribution >= 0.6 is 11.3 Å². The van der Waals surface area contributed by atoms with E-state index >= 15 is 0 Å². The van der Waals surface area contributed by atoms with E-state index in [1.807, 2.05) is 30.3 Å². The zero-order chi connectivity index (χ0) is 26.6. The molecule has 4 rings (SSSR count). The summed E-state index contributed by atoms with van der Waals surface area (Å²) < 4.78 is 13.2. The molecule has 0 aliphatic carbocycles. The lowest BCUT2D eigenvalue weighted by molar-refractivity contribution is -0.126. The molecule has 0 radical (unpaired) electrons. The molecule has 2 atom stereocenters. The Kier molecular flexibility index (Phi) is 9.41. The van der Waals surface area contributed by atoms with E-state index in [9.17, 15) is 14.4 Å². The van der Waals surface area contributed by atoms with Gasteiger partial charge in [-0.1, -0.05) is 37.8 Å². The van der Waals surface area contributed by atoms with Crippen LogP contribution < -0.4 is 16.8 Å². The highest BCUT2D eigenvalue weighted by Gasteiger charge is 2.34. The third-order valence-electron chi connectivity index (χ3n) is 6.00. The van der Waals surface area contributed by atoms with Gasteiger partial charge < -0.3 is 26.3 Å². The molecule has 12 nitrogen and oxygen atoms in total. The van der Waals surface area contributed by atoms with E-state index < -0.39 is 29.6 Å². The summed E-state index contributed by atoms with van der Waals surface area (Å²) >= 11 is 1.32. The minimum atomic E-state index is -1.12. The van der Waals surface area contributed by atoms with Gasteiger partial charge in [0, 0.05) is 11.9 Å². The lowest BCUT2D eigenvalue weighted by Gasteiger charge is -2.24. The van der Waals surface area contributed by atoms with Gasteiger partial charge in [0.15, 0.2) is 5.82 Å². The molecule has 1 aliphatic heterocycles. The maximum Gasteiger partial charge on any atom is 0.410 e. The second-order valence-corrected chi connectivity index (χ2v) is 10.3. The van der Waals surface area contributed by atoms with Gasteiger partial charge in [0.05, 0.1) is 24.4 Å². The number of hydrogen-bond acceptors (Lipinski definition) is 9. The van der Waals surface area contributed by atoms with Gasteiger partial charge in [-0.05, 0) is 32.3 Å². The topological polar surface area (TPSA) is 167 Å². The van der Waals surface area contributed by atoms with Gasteiger partial charge in [-0.2, -0.15) is 0 Å². The predicted octanol–water partition coefficient (Wildman–Crippen LogP) is 2.12. The van der Waals surface area contributed by atoms with Gasteiger partial charge in [0.1, 0.15) is 18.7 Å². The number of carbonyl (C=O) groups excluding carboxylic acids is 3. The molecule has 3 aromatic rings. The quantitative estimate of drug-likeness (QED) is 0.348. The zero-order valence-electron chi connectivity index (χ0n) is 20.8. The number of rotatable bonds is 10. The van der Waals surface area contributed by atoms with Gasteiger partial charge in [-0.15, -0.1) is 21.5 Å². The van der Waals surface area contributed by atoms with E-state index in [0.29, 0.717) is 42.5 Å². The molecule has 206 valence electrons. The number of carbonyl (C=O) groups is 3. The number of benzene rings is 1. The minimum Gasteiger partial charge on any atom is -0.443 e. The Balaban J connectivity index is 0.00000400. The van der Waals surface area contributed by atoms with Crippen LogP contribution in [0.3, 0.4) is 0 Å². The van der Waals surface area contributed by atoms with Gasteiger partial charge >= 0.3 is 6.09 Å². The fourth-order valence-electron chi connectivity index (χ4n) is 4.02. The molecule has 1 aliphatic rings. The number of ether oxygens (including phenoxy) is 2. The fourth-order valence-corrected chi connectivity index (χ4v) is 4.84. The second kappa shape index (κ2) is 12.3. The number of nitrogens with one attached hydrogen (secondary N) is 1. The normalized spacial score (nSPS) is 16.2. The van der Waals surface area contributed by atoms with Crippen molar-refractivity contribution < 1.29 is 23.9 Å². The monoisotopic (exact) mass is 545 g/mol. The summed E-state index contributed by atoms with van der Waals surface area (Å²) in [6, 6.07) is 8.32. The van der Waals surface area contributed by atoms with Gasteiger partial charge in [0.25, 0.3) is 0 Å². The van der Waals surface area contributed by atoms with Crippen LogP contribution in [0.2, 0.25) is 0 Å². The molecule has 1 saturated heterocycles. The minimum absolute atomic E-state index is 0. The Morgan fingerprint density at radius 2 is 1.95 bits per heavy atom. The maximum absolute atomic E-state index is 12.8. The average Bonchev–Trinajstić information content (AvgIpc) is 3.59. The third kappa shape index (κ3) is 6.65. The fraction of sp³-hybridized carbons (Fsp3) is 0.480. The zero-order valence-corrected chi connectivity index (χ0v) is 21.6. The van der Waals surface area contributed by atoms with Crippen molar-refractivity contribution >= 4 is 34.2 Å². The highest BCUT2D eigenvalue weighted by molar-refractivity contribution is 7.15. The molecule has 38 heavy (non-hydrogen) atoms. The summed E-state index contributed by atoms with van der Waals surface area (Å²) in [5.41, 5.74) is 11.9. The Morgan fingerprint density at radius 1 is 1.21 bits per heavy atom. The first kappa shape index (κ1) is 29.0. The molecular formula is C25H35N7O5S. The lowest BCUT2D eigenvalue weighted by Crippen LogP contribution is -2.51. The van der Waals surface area contributed by atoms with E-state index in [1.165, 1.54) is 16.2 Å². The number of aromatic nitrogens is 3. The molecule has 13 heteroatoms. The number of nitrogens with zero attached hydrogens (tertiary/aromatic N) is 4. The molecule has 2 aromatic heterocycles. The Labute approximate surface area is 225 Å². The summed E-state index contributed by atoms with van der Waals surface area (Å²) in [7, 11) is 0. The van der Waals surface area contributed by atoms with E-state index in [0.717, 1.165) is 5.56 Å². The molecule has 3 amide bonds. The van der Waals surface area contributed by atoms with Crippen molar-refractivity contribution in [3.05, 3.63) is 52.8 Å². The Bertz CT molecular complexity index is 1250. The van der Waals surface area contributed by atoms with Crippen LogP contribution in [0.1, 0.15) is 57.2 Å². The number of nitrogens with two attached hydrogens (primary N) is 2. The van der Waals surface area contributed by atoms with Gasteiger partial charge in [-0.25, -0.2) is 4.79 Å². The molecule has 3 heterocycles. The van der Waals surface area contributed by atoms with Crippen molar-refractivity contribution in [2.75, 3.05) is 13.2 Å². The van der Waals surface area contributed by atoms with Crippen LogP contribution in [-0.4, -0.2) is 62.1 Å². The summed E-state index contributed by atoms with van der Waals surface area (Å²) in [5, 5.41) is 13.2. The average molecular weight is 546 g/mol. The summed E-state index contributed by atoms with van der Waals surface area (Å²) in [5.74, 6) is -0.512. The smallest absolute Gasteiger partial charge is 0.410 e. The number of hydrogen-bond donors (Lipinski definition) is 3. The number of fused-ring (bicyclic) bond motifs is 1. The van der Waals surface area contributed by atoms with Crippen molar-refractivity contribution in [1.82, 2.24) is 24.8 Å². The van der Waals surface area contributed by atoms with Crippen LogP contribution in [0.4, 0.5) is 4.79 Å². The predicted molar refractivity (Wildman–Crippen MR) is 142 cm³/mol. The first-order valence-electron chi connectivity index (χ1n) is 11.9. The molecule has 0 saturated carbocycles. The van der Waals surface area contributed by atoms with Crippen molar-refractivity contribution in [1.29, 1.82) is 0 Å². The van der Waals surface area contributed by atoms with Crippen molar-refractivity contribution in [3.8, 4) is 0 Å². The van der Waals surface area contributed by atoms with E-state index in [1.54, 1.807) is 23.6 Å². The summed E-state index contributed by atoms with van der Waals surface area (Å²) in [4.78, 5) is 39.0. The molecule has 0 bridgehead atoms. The molecule has 1 unspecified atom stereocenters. The highest BCUT2D eigenvalue weighted by atomic mass is 32.1. The van der Waals surface area contributed by atoms with Crippen LogP contribution in [0, 0.1) is 0 Å². The highest BCUT2D eigenvalue weighted by Crippen LogP contribution is 2.24. The Morgan fingerprint density at radius 3 is 2.63 bits per heavy atom. The van der Waals surface area contributed by atoms with Crippen LogP contribution in [0.5, 0.6) is 0 Å². The first-order valence-corrected chi connectivity index (χ1v) is 12.8. The van der Waals surface area contributed by atoms with Gasteiger partial charge in [-0.3, -0.25) is 18.9 Å². The third-order valence-corrected chi connectivity index (χ3v) is 6.87. The molecular weight excluding hydrogens is 510 g/mol. The van der Waals surface area contributed by atoms with E-state index in [2.05, 4.69) is 15.5 Å². The van der Waals surface area contributed by atoms with Crippen molar-refractivity contribution in [2.45, 2.75) is 65.0 Å². The molecule has 1 fully saturated rings. The Hall–Kier alpha value is -3.55. The number of likely N-dealkylation sites (tertiary alicyclic amines) is 1. The number of primary amides is 1. The van der Waals surface area contributed by atoms with Crippen LogP contribution in [-0.2, 0) is 32.3 Å². The first-order chi connectivity index (χ1) is 17.6. The second-order valence-electron chi connectivity index (χ2n) is 9.46. The standard InChI is InChI=1S/C24H31N7O5S.CH4/c1-24(2,26)21(33)27-17(13-35-11-15-7-4-3-5-8-15)20-28-29-22-31(20)16(14-37-22)12-36-23(34)30-10-6-9-18(30)19(25)32;/h3-5,7-8,14,17-18H,6,9-13,26H2,1-2H3,(H2,25,32)(H,27,33);1H4/t17-,18?;/m1./s1. The molecule has 5 N–H and O–H groups in total. The van der Waals surface area contributed by atoms with Crippen LogP contribution in [0.25, 0.3) is 4.96 Å². The van der Waals surface area contributed by atoms with Gasteiger partial charge in [0.2, 0.25) is 16.8 Å². The van der Waals surface area contributed by atoms with Crippen molar-refractivity contribution in [3.63, 3.8) is 0 Å². The molecule has 1 aromatic carbocycles.